The van der Waals surface area contributed by atoms with Gasteiger partial charge in [-0.25, -0.2) is 9.78 Å². The maximum Gasteiger partial charge on any atom is 0.416 e. The van der Waals surface area contributed by atoms with Crippen LogP contribution in [-0.4, -0.2) is 24.7 Å². The molecule has 2 aromatic carbocycles. The van der Waals surface area contributed by atoms with Gasteiger partial charge in [0.1, 0.15) is 23.1 Å². The molecular formula is C23H22F3NO4S. The van der Waals surface area contributed by atoms with Crippen molar-refractivity contribution in [3.05, 3.63) is 63.5 Å². The fourth-order valence-electron chi connectivity index (χ4n) is 2.94. The summed E-state index contributed by atoms with van der Waals surface area (Å²) in [5.74, 6) is 0.801. The molecule has 0 aliphatic rings. The van der Waals surface area contributed by atoms with Crippen LogP contribution in [-0.2, 0) is 28.7 Å². The molecular weight excluding hydrogens is 443 g/mol. The Morgan fingerprint density at radius 2 is 1.81 bits per heavy atom. The number of rotatable bonds is 8. The van der Waals surface area contributed by atoms with E-state index in [0.717, 1.165) is 23.3 Å². The summed E-state index contributed by atoms with van der Waals surface area (Å²) < 4.78 is 54.3. The van der Waals surface area contributed by atoms with Gasteiger partial charge in [-0.1, -0.05) is 19.1 Å². The Morgan fingerprint density at radius 3 is 2.44 bits per heavy atom. The number of aromatic nitrogens is 1. The third-order valence-electron chi connectivity index (χ3n) is 4.72. The third-order valence-corrected chi connectivity index (χ3v) is 5.55. The molecule has 0 N–H and O–H groups in total. The molecule has 0 bridgehead atoms. The summed E-state index contributed by atoms with van der Waals surface area (Å²) in [4.78, 5) is 15.8. The molecule has 1 aromatic heterocycles. The highest BCUT2D eigenvalue weighted by molar-refractivity contribution is 7.09. The Hall–Kier alpha value is -3.07. The highest BCUT2D eigenvalue weighted by atomic mass is 32.1. The van der Waals surface area contributed by atoms with Crippen LogP contribution in [0.2, 0.25) is 0 Å². The lowest BCUT2D eigenvalue weighted by molar-refractivity contribution is -0.143. The molecule has 0 fully saturated rings. The summed E-state index contributed by atoms with van der Waals surface area (Å²) in [5, 5.41) is 2.49. The maximum atomic E-state index is 12.7. The lowest BCUT2D eigenvalue weighted by Crippen LogP contribution is -2.13. The number of aryl methyl sites for hydroxylation is 2. The smallest absolute Gasteiger partial charge is 0.416 e. The predicted molar refractivity (Wildman–Crippen MR) is 115 cm³/mol. The number of hydrogen-bond donors (Lipinski definition) is 0. The first-order valence-corrected chi connectivity index (χ1v) is 10.7. The molecule has 3 aromatic rings. The molecule has 0 amide bonds. The number of benzene rings is 2. The maximum absolute atomic E-state index is 12.7. The number of nitrogens with zero attached hydrogens (tertiary/aromatic N) is 1. The summed E-state index contributed by atoms with van der Waals surface area (Å²) in [6.45, 7) is 3.88. The van der Waals surface area contributed by atoms with Crippen molar-refractivity contribution in [3.8, 4) is 22.8 Å². The first-order valence-electron chi connectivity index (χ1n) is 9.79. The van der Waals surface area contributed by atoms with Crippen LogP contribution >= 0.6 is 11.3 Å². The summed E-state index contributed by atoms with van der Waals surface area (Å²) in [6.07, 6.45) is -3.67. The Labute approximate surface area is 187 Å². The molecule has 9 heteroatoms. The minimum Gasteiger partial charge on any atom is -0.486 e. The summed E-state index contributed by atoms with van der Waals surface area (Å²) in [6, 6.07) is 8.59. The number of esters is 1. The minimum absolute atomic E-state index is 0.174. The number of halogens is 3. The Balaban J connectivity index is 1.69. The number of alkyl halides is 3. The lowest BCUT2D eigenvalue weighted by Gasteiger charge is -2.14. The second-order valence-electron chi connectivity index (χ2n) is 6.93. The molecule has 32 heavy (non-hydrogen) atoms. The van der Waals surface area contributed by atoms with Crippen molar-refractivity contribution in [1.82, 2.24) is 4.98 Å². The van der Waals surface area contributed by atoms with Gasteiger partial charge in [0, 0.05) is 10.9 Å². The van der Waals surface area contributed by atoms with Crippen molar-refractivity contribution in [3.63, 3.8) is 0 Å². The van der Waals surface area contributed by atoms with Gasteiger partial charge < -0.3 is 14.2 Å². The van der Waals surface area contributed by atoms with Crippen molar-refractivity contribution >= 4 is 17.3 Å². The van der Waals surface area contributed by atoms with Crippen LogP contribution < -0.4 is 9.47 Å². The fraction of sp³-hybridized carbons (Fsp3) is 0.304. The Bertz CT molecular complexity index is 1080. The van der Waals surface area contributed by atoms with Gasteiger partial charge in [0.05, 0.1) is 18.4 Å². The van der Waals surface area contributed by atoms with E-state index in [1.165, 1.54) is 30.6 Å². The van der Waals surface area contributed by atoms with Crippen LogP contribution in [0.4, 0.5) is 13.2 Å². The van der Waals surface area contributed by atoms with Crippen molar-refractivity contribution in [2.75, 3.05) is 13.7 Å². The van der Waals surface area contributed by atoms with E-state index in [-0.39, 0.29) is 13.2 Å². The van der Waals surface area contributed by atoms with E-state index in [4.69, 9.17) is 9.47 Å². The van der Waals surface area contributed by atoms with E-state index < -0.39 is 17.7 Å². The highest BCUT2D eigenvalue weighted by Crippen LogP contribution is 2.32. The van der Waals surface area contributed by atoms with Gasteiger partial charge in [-0.15, -0.1) is 11.3 Å². The highest BCUT2D eigenvalue weighted by Gasteiger charge is 2.30. The second-order valence-corrected chi connectivity index (χ2v) is 7.88. The molecule has 0 saturated heterocycles. The zero-order chi connectivity index (χ0) is 23.3. The molecule has 1 heterocycles. The summed E-state index contributed by atoms with van der Waals surface area (Å²) in [5.41, 5.74) is 2.24. The van der Waals surface area contributed by atoms with Gasteiger partial charge in [-0.3, -0.25) is 0 Å². The quantitative estimate of drug-likeness (QED) is 0.392. The van der Waals surface area contributed by atoms with Crippen LogP contribution in [0.15, 0.2) is 41.8 Å². The van der Waals surface area contributed by atoms with E-state index in [1.54, 1.807) is 5.38 Å². The second kappa shape index (κ2) is 10.0. The van der Waals surface area contributed by atoms with Crippen molar-refractivity contribution in [2.45, 2.75) is 33.1 Å². The first kappa shape index (κ1) is 23.6. The molecule has 0 aliphatic heterocycles. The van der Waals surface area contributed by atoms with Crippen LogP contribution in [0.5, 0.6) is 11.5 Å². The average molecular weight is 465 g/mol. The Kier molecular flexibility index (Phi) is 7.40. The standard InChI is InChI=1S/C23H22F3NO4S/c1-4-15-10-19(31-12-22(28)29-3)14(2)9-20(15)30-11-21-27-18(13-32-21)16-5-7-17(8-6-16)23(24,25)26/h5-10,13H,4,11-12H2,1-3H3. The normalized spacial score (nSPS) is 11.3. The monoisotopic (exact) mass is 465 g/mol. The number of methoxy groups -OCH3 is 1. The van der Waals surface area contributed by atoms with Crippen molar-refractivity contribution < 1.29 is 32.2 Å². The van der Waals surface area contributed by atoms with E-state index in [9.17, 15) is 18.0 Å². The topological polar surface area (TPSA) is 57.7 Å². The fourth-order valence-corrected chi connectivity index (χ4v) is 3.66. The van der Waals surface area contributed by atoms with Gasteiger partial charge in [0.15, 0.2) is 6.61 Å². The van der Waals surface area contributed by atoms with E-state index in [0.29, 0.717) is 34.2 Å². The molecule has 0 spiro atoms. The number of carbonyl (C=O) groups is 1. The molecule has 3 rings (SSSR count). The van der Waals surface area contributed by atoms with Crippen molar-refractivity contribution in [2.24, 2.45) is 0 Å². The number of ether oxygens (including phenoxy) is 3. The SMILES string of the molecule is CCc1cc(OCC(=O)OC)c(C)cc1OCc1nc(-c2ccc(C(F)(F)F)cc2)cs1. The van der Waals surface area contributed by atoms with Crippen molar-refractivity contribution in [1.29, 1.82) is 0 Å². The van der Waals surface area contributed by atoms with E-state index >= 15 is 0 Å². The molecule has 0 aliphatic carbocycles. The van der Waals surface area contributed by atoms with E-state index in [1.807, 2.05) is 26.0 Å². The van der Waals surface area contributed by atoms with E-state index in [2.05, 4.69) is 9.72 Å². The zero-order valence-corrected chi connectivity index (χ0v) is 18.6. The number of carbonyl (C=O) groups excluding carboxylic acids is 1. The van der Waals surface area contributed by atoms with Crippen LogP contribution in [0.25, 0.3) is 11.3 Å². The van der Waals surface area contributed by atoms with Gasteiger partial charge in [-0.2, -0.15) is 13.2 Å². The number of thiazole rings is 1. The Morgan fingerprint density at radius 1 is 1.09 bits per heavy atom. The minimum atomic E-state index is -4.37. The molecule has 0 unspecified atom stereocenters. The predicted octanol–water partition coefficient (Wildman–Crippen LogP) is 5.83. The molecule has 0 atom stereocenters. The summed E-state index contributed by atoms with van der Waals surface area (Å²) in [7, 11) is 1.30. The largest absolute Gasteiger partial charge is 0.486 e. The van der Waals surface area contributed by atoms with Gasteiger partial charge >= 0.3 is 12.1 Å². The van der Waals surface area contributed by atoms with Gasteiger partial charge in [0.25, 0.3) is 0 Å². The van der Waals surface area contributed by atoms with Gasteiger partial charge in [-0.05, 0) is 48.7 Å². The zero-order valence-electron chi connectivity index (χ0n) is 17.8. The van der Waals surface area contributed by atoms with Crippen LogP contribution in [0.3, 0.4) is 0 Å². The summed E-state index contributed by atoms with van der Waals surface area (Å²) >= 11 is 1.37. The average Bonchev–Trinajstić information content (AvgIpc) is 3.25. The molecule has 170 valence electrons. The van der Waals surface area contributed by atoms with Gasteiger partial charge in [0.2, 0.25) is 0 Å². The first-order chi connectivity index (χ1) is 15.2. The number of hydrogen-bond acceptors (Lipinski definition) is 6. The third kappa shape index (κ3) is 5.79. The molecule has 0 radical (unpaired) electrons. The van der Waals surface area contributed by atoms with Crippen LogP contribution in [0.1, 0.15) is 28.6 Å². The van der Waals surface area contributed by atoms with Crippen LogP contribution in [0, 0.1) is 6.92 Å². The molecule has 0 saturated carbocycles. The molecule has 5 nitrogen and oxygen atoms in total. The lowest BCUT2D eigenvalue weighted by atomic mass is 10.1.